The van der Waals surface area contributed by atoms with Crippen molar-refractivity contribution in [2.45, 2.75) is 84.2 Å². The minimum absolute atomic E-state index is 0.109. The van der Waals surface area contributed by atoms with Gasteiger partial charge in [0.05, 0.1) is 23.8 Å². The van der Waals surface area contributed by atoms with Crippen LogP contribution in [0.5, 0.6) is 0 Å². The van der Waals surface area contributed by atoms with Gasteiger partial charge in [0.1, 0.15) is 17.9 Å². The molecular formula is C29H35N7O4. The molecule has 1 saturated heterocycles. The number of para-hydroxylation sites is 1. The van der Waals surface area contributed by atoms with Crippen LogP contribution >= 0.6 is 0 Å². The Kier molecular flexibility index (Phi) is 6.48. The Labute approximate surface area is 232 Å². The molecule has 0 bridgehead atoms. The summed E-state index contributed by atoms with van der Waals surface area (Å²) >= 11 is 0. The van der Waals surface area contributed by atoms with E-state index in [2.05, 4.69) is 10.1 Å². The van der Waals surface area contributed by atoms with Crippen LogP contribution in [-0.4, -0.2) is 47.2 Å². The van der Waals surface area contributed by atoms with Crippen LogP contribution in [-0.2, 0) is 15.9 Å². The van der Waals surface area contributed by atoms with Gasteiger partial charge in [-0.2, -0.15) is 5.10 Å². The van der Waals surface area contributed by atoms with Crippen molar-refractivity contribution in [2.75, 3.05) is 11.5 Å². The van der Waals surface area contributed by atoms with Gasteiger partial charge in [-0.05, 0) is 65.5 Å². The summed E-state index contributed by atoms with van der Waals surface area (Å²) in [7, 11) is 0. The molecule has 6 rings (SSSR count). The molecule has 11 heteroatoms. The van der Waals surface area contributed by atoms with Crippen LogP contribution in [0.3, 0.4) is 0 Å². The summed E-state index contributed by atoms with van der Waals surface area (Å²) in [6.07, 6.45) is 8.26. The number of ether oxygens (including phenoxy) is 2. The number of anilines is 1. The number of imidazole rings is 1. The molecule has 1 amide bonds. The summed E-state index contributed by atoms with van der Waals surface area (Å²) in [6, 6.07) is 6.98. The second-order valence-corrected chi connectivity index (χ2v) is 11.7. The summed E-state index contributed by atoms with van der Waals surface area (Å²) in [4.78, 5) is 33.6. The first-order chi connectivity index (χ1) is 19.1. The number of fused-ring (bicyclic) bond motifs is 2. The minimum Gasteiger partial charge on any atom is -0.443 e. The summed E-state index contributed by atoms with van der Waals surface area (Å²) < 4.78 is 16.7. The average molecular weight is 546 g/mol. The SMILES string of the molecule is CC(C)n1c(C2Cc3ccccc3N2C(=O)OC(C)(C)C)nn2c(-c3cnn(C4CCCCO4)c3)cnc2c1=O. The van der Waals surface area contributed by atoms with Gasteiger partial charge in [0.15, 0.2) is 5.82 Å². The number of hydrogen-bond donors (Lipinski definition) is 0. The van der Waals surface area contributed by atoms with Crippen LogP contribution < -0.4 is 10.5 Å². The van der Waals surface area contributed by atoms with E-state index in [-0.39, 0.29) is 23.5 Å². The van der Waals surface area contributed by atoms with Crippen LogP contribution in [0.25, 0.3) is 16.9 Å². The van der Waals surface area contributed by atoms with Crippen molar-refractivity contribution in [3.05, 3.63) is 64.6 Å². The van der Waals surface area contributed by atoms with Gasteiger partial charge in [-0.3, -0.25) is 14.3 Å². The number of rotatable bonds is 4. The summed E-state index contributed by atoms with van der Waals surface area (Å²) in [5, 5.41) is 9.55. The van der Waals surface area contributed by atoms with Crippen molar-refractivity contribution >= 4 is 17.4 Å². The van der Waals surface area contributed by atoms with Crippen molar-refractivity contribution < 1.29 is 14.3 Å². The Bertz CT molecular complexity index is 1620. The zero-order chi connectivity index (χ0) is 28.2. The zero-order valence-corrected chi connectivity index (χ0v) is 23.6. The lowest BCUT2D eigenvalue weighted by Gasteiger charge is -2.30. The van der Waals surface area contributed by atoms with E-state index < -0.39 is 17.7 Å². The van der Waals surface area contributed by atoms with E-state index in [1.54, 1.807) is 26.4 Å². The molecule has 2 unspecified atom stereocenters. The molecule has 0 aliphatic carbocycles. The molecule has 3 aromatic heterocycles. The lowest BCUT2D eigenvalue weighted by Crippen LogP contribution is -2.41. The lowest BCUT2D eigenvalue weighted by atomic mass is 10.1. The Balaban J connectivity index is 1.48. The minimum atomic E-state index is -0.687. The first-order valence-electron chi connectivity index (χ1n) is 13.9. The number of carbonyl (C=O) groups excluding carboxylic acids is 1. The predicted octanol–water partition coefficient (Wildman–Crippen LogP) is 5.07. The average Bonchev–Trinajstić information content (AvgIpc) is 3.64. The molecule has 2 aliphatic rings. The van der Waals surface area contributed by atoms with Gasteiger partial charge in [0.25, 0.3) is 5.56 Å². The number of hydrogen-bond acceptors (Lipinski definition) is 7. The smallest absolute Gasteiger partial charge is 0.415 e. The topological polar surface area (TPSA) is 109 Å². The largest absolute Gasteiger partial charge is 0.443 e. The van der Waals surface area contributed by atoms with Gasteiger partial charge in [-0.1, -0.05) is 18.2 Å². The van der Waals surface area contributed by atoms with Crippen molar-refractivity contribution in [1.82, 2.24) is 28.9 Å². The molecule has 1 aromatic carbocycles. The second kappa shape index (κ2) is 9.88. The fraction of sp³-hybridized carbons (Fsp3) is 0.483. The standard InChI is InChI=1S/C29H35N7O4/c1-18(2)34-25(22-14-19-10-6-7-11-21(19)35(22)28(38)40-29(3,4)5)32-36-23(16-30-26(36)27(34)37)20-15-31-33(17-20)24-12-8-9-13-39-24/h6-7,10-11,15-18,22,24H,8-9,12-14H2,1-5H3. The van der Waals surface area contributed by atoms with Crippen molar-refractivity contribution in [2.24, 2.45) is 0 Å². The monoisotopic (exact) mass is 545 g/mol. The van der Waals surface area contributed by atoms with Crippen LogP contribution in [0, 0.1) is 0 Å². The maximum atomic E-state index is 13.9. The molecule has 11 nitrogen and oxygen atoms in total. The van der Waals surface area contributed by atoms with E-state index in [0.717, 1.165) is 36.1 Å². The molecule has 0 saturated carbocycles. The van der Waals surface area contributed by atoms with E-state index in [1.165, 1.54) is 0 Å². The zero-order valence-electron chi connectivity index (χ0n) is 23.6. The van der Waals surface area contributed by atoms with Gasteiger partial charge in [-0.25, -0.2) is 19.0 Å². The highest BCUT2D eigenvalue weighted by molar-refractivity contribution is 5.91. The second-order valence-electron chi connectivity index (χ2n) is 11.7. The number of carbonyl (C=O) groups is 1. The molecule has 4 aromatic rings. The summed E-state index contributed by atoms with van der Waals surface area (Å²) in [6.45, 7) is 10.1. The molecule has 0 N–H and O–H groups in total. The molecule has 40 heavy (non-hydrogen) atoms. The highest BCUT2D eigenvalue weighted by Gasteiger charge is 2.40. The highest BCUT2D eigenvalue weighted by Crippen LogP contribution is 2.41. The van der Waals surface area contributed by atoms with E-state index in [9.17, 15) is 9.59 Å². The quantitative estimate of drug-likeness (QED) is 0.352. The molecule has 0 radical (unpaired) electrons. The highest BCUT2D eigenvalue weighted by atomic mass is 16.6. The normalized spacial score (nSPS) is 19.4. The molecule has 5 heterocycles. The van der Waals surface area contributed by atoms with Crippen LogP contribution in [0.1, 0.15) is 83.6 Å². The Morgan fingerprint density at radius 3 is 2.67 bits per heavy atom. The Morgan fingerprint density at radius 1 is 1.15 bits per heavy atom. The van der Waals surface area contributed by atoms with Crippen molar-refractivity contribution in [3.63, 3.8) is 0 Å². The van der Waals surface area contributed by atoms with Gasteiger partial charge < -0.3 is 9.47 Å². The molecule has 0 spiro atoms. The van der Waals surface area contributed by atoms with Crippen LogP contribution in [0.15, 0.2) is 47.7 Å². The number of nitrogens with zero attached hydrogens (tertiary/aromatic N) is 7. The Morgan fingerprint density at radius 2 is 1.95 bits per heavy atom. The number of aromatic nitrogens is 6. The lowest BCUT2D eigenvalue weighted by molar-refractivity contribution is -0.0394. The van der Waals surface area contributed by atoms with E-state index >= 15 is 0 Å². The van der Waals surface area contributed by atoms with E-state index in [0.29, 0.717) is 24.5 Å². The van der Waals surface area contributed by atoms with Gasteiger partial charge in [-0.15, -0.1) is 5.10 Å². The van der Waals surface area contributed by atoms with Crippen molar-refractivity contribution in [3.8, 4) is 11.3 Å². The third kappa shape index (κ3) is 4.57. The van der Waals surface area contributed by atoms with Gasteiger partial charge >= 0.3 is 6.09 Å². The number of benzene rings is 1. The first-order valence-corrected chi connectivity index (χ1v) is 13.9. The maximum Gasteiger partial charge on any atom is 0.415 e. The summed E-state index contributed by atoms with van der Waals surface area (Å²) in [5.41, 5.74) is 2.43. The van der Waals surface area contributed by atoms with Gasteiger partial charge in [0, 0.05) is 30.8 Å². The van der Waals surface area contributed by atoms with E-state index in [4.69, 9.17) is 14.6 Å². The van der Waals surface area contributed by atoms with Crippen molar-refractivity contribution in [1.29, 1.82) is 0 Å². The van der Waals surface area contributed by atoms with Crippen LogP contribution in [0.4, 0.5) is 10.5 Å². The first kappa shape index (κ1) is 26.2. The fourth-order valence-corrected chi connectivity index (χ4v) is 5.57. The molecule has 1 fully saturated rings. The van der Waals surface area contributed by atoms with Gasteiger partial charge in [0.2, 0.25) is 5.65 Å². The maximum absolute atomic E-state index is 13.9. The molecule has 2 atom stereocenters. The third-order valence-electron chi connectivity index (χ3n) is 7.33. The third-order valence-corrected chi connectivity index (χ3v) is 7.33. The fourth-order valence-electron chi connectivity index (χ4n) is 5.57. The molecule has 210 valence electrons. The van der Waals surface area contributed by atoms with Crippen LogP contribution in [0.2, 0.25) is 0 Å². The molecule has 2 aliphatic heterocycles. The number of amides is 1. The molecular weight excluding hydrogens is 510 g/mol. The Hall–Kier alpha value is -3.99. The van der Waals surface area contributed by atoms with E-state index in [1.807, 2.05) is 69.8 Å². The predicted molar refractivity (Wildman–Crippen MR) is 149 cm³/mol. The summed E-state index contributed by atoms with van der Waals surface area (Å²) in [5.74, 6) is 0.469.